The summed E-state index contributed by atoms with van der Waals surface area (Å²) in [6.45, 7) is 1.85. The van der Waals surface area contributed by atoms with Crippen molar-refractivity contribution in [1.82, 2.24) is 15.0 Å². The van der Waals surface area contributed by atoms with E-state index in [9.17, 15) is 18.0 Å². The van der Waals surface area contributed by atoms with E-state index < -0.39 is 17.6 Å². The number of hydrogen-bond acceptors (Lipinski definition) is 7. The first kappa shape index (κ1) is 23.1. The van der Waals surface area contributed by atoms with Gasteiger partial charge in [0.05, 0.1) is 5.56 Å². The van der Waals surface area contributed by atoms with Crippen LogP contribution >= 0.6 is 0 Å². The molecule has 2 aromatic carbocycles. The second-order valence-electron chi connectivity index (χ2n) is 7.88. The van der Waals surface area contributed by atoms with Crippen molar-refractivity contribution in [3.8, 4) is 23.0 Å². The molecule has 4 aromatic rings. The number of rotatable bonds is 5. The van der Waals surface area contributed by atoms with Gasteiger partial charge in [-0.3, -0.25) is 9.78 Å². The summed E-state index contributed by atoms with van der Waals surface area (Å²) in [5, 5.41) is 10.9. The Morgan fingerprint density at radius 2 is 1.86 bits per heavy atom. The minimum absolute atomic E-state index is 0.125. The number of anilines is 1. The third kappa shape index (κ3) is 4.76. The number of ether oxygens (including phenoxy) is 1. The first-order valence-corrected chi connectivity index (χ1v) is 10.8. The summed E-state index contributed by atoms with van der Waals surface area (Å²) in [5.74, 6) is 0.200. The highest BCUT2D eigenvalue weighted by atomic mass is 19.4. The zero-order valence-electron chi connectivity index (χ0n) is 18.7. The number of carbonyl (C=O) groups is 1. The van der Waals surface area contributed by atoms with Crippen LogP contribution in [0, 0.1) is 0 Å². The van der Waals surface area contributed by atoms with Gasteiger partial charge in [0.25, 0.3) is 11.8 Å². The molecule has 8 nitrogen and oxygen atoms in total. The molecule has 180 valence electrons. The Morgan fingerprint density at radius 3 is 2.64 bits per heavy atom. The lowest BCUT2D eigenvalue weighted by atomic mass is 10.1. The van der Waals surface area contributed by atoms with E-state index in [0.717, 1.165) is 12.1 Å². The van der Waals surface area contributed by atoms with Crippen molar-refractivity contribution < 1.29 is 22.7 Å². The lowest BCUT2D eigenvalue weighted by Crippen LogP contribution is -2.14. The third-order valence-corrected chi connectivity index (χ3v) is 5.28. The van der Waals surface area contributed by atoms with E-state index in [1.807, 2.05) is 13.0 Å². The zero-order chi connectivity index (χ0) is 25.3. The van der Waals surface area contributed by atoms with Gasteiger partial charge < -0.3 is 10.1 Å². The van der Waals surface area contributed by atoms with Crippen LogP contribution in [0.25, 0.3) is 11.4 Å². The van der Waals surface area contributed by atoms with Crippen LogP contribution < -0.4 is 10.1 Å². The Labute approximate surface area is 202 Å². The second kappa shape index (κ2) is 9.17. The number of pyridine rings is 1. The molecule has 1 N–H and O–H groups in total. The molecule has 11 heteroatoms. The molecule has 36 heavy (non-hydrogen) atoms. The van der Waals surface area contributed by atoms with Crippen molar-refractivity contribution in [2.24, 2.45) is 10.2 Å². The van der Waals surface area contributed by atoms with Gasteiger partial charge in [0.15, 0.2) is 11.5 Å². The van der Waals surface area contributed by atoms with E-state index in [-0.39, 0.29) is 17.5 Å². The fourth-order valence-electron chi connectivity index (χ4n) is 3.52. The Morgan fingerprint density at radius 1 is 1.03 bits per heavy atom. The predicted octanol–water partition coefficient (Wildman–Crippen LogP) is 6.76. The first-order chi connectivity index (χ1) is 17.3. The quantitative estimate of drug-likeness (QED) is 0.333. The minimum Gasteiger partial charge on any atom is -0.437 e. The van der Waals surface area contributed by atoms with Gasteiger partial charge in [0, 0.05) is 35.3 Å². The summed E-state index contributed by atoms with van der Waals surface area (Å²) in [7, 11) is 0. The molecular weight excluding hydrogens is 473 g/mol. The Kier molecular flexibility index (Phi) is 5.88. The topological polar surface area (TPSA) is 102 Å². The van der Waals surface area contributed by atoms with E-state index >= 15 is 0 Å². The van der Waals surface area contributed by atoms with E-state index in [0.29, 0.717) is 34.2 Å². The summed E-state index contributed by atoms with van der Waals surface area (Å²) in [6.07, 6.45) is -1.28. The molecule has 0 aliphatic carbocycles. The number of amides is 1. The Balaban J connectivity index is 1.41. The Hall–Kier alpha value is -4.67. The van der Waals surface area contributed by atoms with Crippen LogP contribution in [-0.4, -0.2) is 20.9 Å². The van der Waals surface area contributed by atoms with Crippen molar-refractivity contribution in [1.29, 1.82) is 0 Å². The number of carbonyl (C=O) groups excluding carboxylic acids is 1. The highest BCUT2D eigenvalue weighted by Crippen LogP contribution is 2.42. The van der Waals surface area contributed by atoms with Crippen LogP contribution in [0.5, 0.6) is 11.6 Å². The molecule has 2 aromatic heterocycles. The maximum atomic E-state index is 13.0. The number of benzene rings is 2. The minimum atomic E-state index is -4.55. The fourth-order valence-corrected chi connectivity index (χ4v) is 3.52. The van der Waals surface area contributed by atoms with Crippen molar-refractivity contribution in [2.45, 2.75) is 19.1 Å². The predicted molar refractivity (Wildman–Crippen MR) is 124 cm³/mol. The van der Waals surface area contributed by atoms with Gasteiger partial charge in [0.1, 0.15) is 17.5 Å². The van der Waals surface area contributed by atoms with Crippen LogP contribution in [0.3, 0.4) is 0 Å². The van der Waals surface area contributed by atoms with Crippen molar-refractivity contribution >= 4 is 17.3 Å². The fraction of sp³-hybridized carbons (Fsp3) is 0.120. The molecule has 1 atom stereocenters. The second-order valence-corrected chi connectivity index (χ2v) is 7.88. The molecule has 0 saturated heterocycles. The largest absolute Gasteiger partial charge is 0.437 e. The molecule has 0 radical (unpaired) electrons. The molecule has 3 heterocycles. The van der Waals surface area contributed by atoms with Crippen molar-refractivity contribution in [3.63, 3.8) is 0 Å². The summed E-state index contributed by atoms with van der Waals surface area (Å²) < 4.78 is 45.0. The maximum Gasteiger partial charge on any atom is 0.416 e. The highest BCUT2D eigenvalue weighted by molar-refractivity contribution is 6.04. The molecule has 0 fully saturated rings. The lowest BCUT2D eigenvalue weighted by Gasteiger charge is -2.12. The average Bonchev–Trinajstić information content (AvgIpc) is 3.25. The van der Waals surface area contributed by atoms with E-state index in [2.05, 4.69) is 30.5 Å². The normalized spacial score (nSPS) is 14.4. The molecule has 1 aliphatic heterocycles. The van der Waals surface area contributed by atoms with Crippen molar-refractivity contribution in [2.75, 3.05) is 5.32 Å². The first-order valence-electron chi connectivity index (χ1n) is 10.8. The van der Waals surface area contributed by atoms with Gasteiger partial charge >= 0.3 is 6.18 Å². The number of halogens is 3. The van der Waals surface area contributed by atoms with Gasteiger partial charge in [0.2, 0.25) is 0 Å². The molecule has 0 spiro atoms. The van der Waals surface area contributed by atoms with Crippen LogP contribution in [-0.2, 0) is 6.18 Å². The zero-order valence-corrected chi connectivity index (χ0v) is 18.7. The van der Waals surface area contributed by atoms with Gasteiger partial charge in [-0.2, -0.15) is 23.3 Å². The third-order valence-electron chi connectivity index (χ3n) is 5.28. The SMILES string of the molecule is CC1N=Nc2c(Oc3cccc(NC(=O)c4cccc(C(F)(F)F)c4)c3)nc(-c3cccnc3)nc21. The van der Waals surface area contributed by atoms with E-state index in [1.54, 1.807) is 36.7 Å². The van der Waals surface area contributed by atoms with Crippen molar-refractivity contribution in [3.05, 3.63) is 89.9 Å². The Bertz CT molecular complexity index is 1470. The number of nitrogens with zero attached hydrogens (tertiary/aromatic N) is 5. The van der Waals surface area contributed by atoms with Gasteiger partial charge in [-0.15, -0.1) is 5.11 Å². The molecule has 1 aliphatic rings. The van der Waals surface area contributed by atoms with Crippen LogP contribution in [0.15, 0.2) is 83.3 Å². The van der Waals surface area contributed by atoms with Crippen LogP contribution in [0.1, 0.15) is 34.6 Å². The summed E-state index contributed by atoms with van der Waals surface area (Å²) in [4.78, 5) is 25.7. The highest BCUT2D eigenvalue weighted by Gasteiger charge is 2.31. The monoisotopic (exact) mass is 490 g/mol. The maximum absolute atomic E-state index is 13.0. The number of fused-ring (bicyclic) bond motifs is 1. The number of hydrogen-bond donors (Lipinski definition) is 1. The molecule has 0 saturated carbocycles. The summed E-state index contributed by atoms with van der Waals surface area (Å²) in [5.41, 5.74) is 0.980. The molecule has 0 bridgehead atoms. The smallest absolute Gasteiger partial charge is 0.416 e. The van der Waals surface area contributed by atoms with E-state index in [4.69, 9.17) is 4.74 Å². The van der Waals surface area contributed by atoms with Gasteiger partial charge in [-0.25, -0.2) is 4.98 Å². The molecular formula is C25H17F3N6O2. The molecule has 5 rings (SSSR count). The average molecular weight is 490 g/mol. The van der Waals surface area contributed by atoms with E-state index in [1.165, 1.54) is 18.2 Å². The molecule has 1 amide bonds. The lowest BCUT2D eigenvalue weighted by molar-refractivity contribution is -0.137. The van der Waals surface area contributed by atoms with Gasteiger partial charge in [-0.05, 0) is 49.4 Å². The number of nitrogens with one attached hydrogen (secondary N) is 1. The van der Waals surface area contributed by atoms with Crippen LogP contribution in [0.2, 0.25) is 0 Å². The number of aromatic nitrogens is 3. The summed E-state index contributed by atoms with van der Waals surface area (Å²) >= 11 is 0. The summed E-state index contributed by atoms with van der Waals surface area (Å²) in [6, 6.07) is 13.9. The molecule has 1 unspecified atom stereocenters. The standard InChI is InChI=1S/C25H17F3N6O2/c1-14-20-21(34-33-14)24(32-22(31-20)16-6-4-10-29-13-16)36-19-9-3-8-18(12-19)30-23(35)15-5-2-7-17(11-15)25(26,27)28/h2-14H,1H3,(H,30,35). The number of alkyl halides is 3. The number of azo groups is 1. The van der Waals surface area contributed by atoms with Crippen LogP contribution in [0.4, 0.5) is 24.5 Å². The van der Waals surface area contributed by atoms with Gasteiger partial charge in [-0.1, -0.05) is 12.1 Å².